The summed E-state index contributed by atoms with van der Waals surface area (Å²) in [5.74, 6) is 0. The third kappa shape index (κ3) is 3.75. The quantitative estimate of drug-likeness (QED) is 0.475. The topological polar surface area (TPSA) is 20.2 Å². The Labute approximate surface area is 164 Å². The molecule has 1 aliphatic heterocycles. The molecule has 1 saturated heterocycles. The molecule has 3 atom stereocenters. The van der Waals surface area contributed by atoms with Crippen LogP contribution in [0.2, 0.25) is 0 Å². The summed E-state index contributed by atoms with van der Waals surface area (Å²) in [4.78, 5) is 0. The fourth-order valence-electron chi connectivity index (χ4n) is 5.20. The normalized spacial score (nSPS) is 23.6. The SMILES string of the molecule is B[PH]1(C[C@H](O)c2ccccc2)[C@@H](c2ccccc2)CC[C@@H]1c1ccccc1. The molecule has 1 nitrogen and oxygen atoms in total. The molecule has 27 heavy (non-hydrogen) atoms. The van der Waals surface area contributed by atoms with Crippen molar-refractivity contribution in [3.05, 3.63) is 108 Å². The van der Waals surface area contributed by atoms with Crippen molar-refractivity contribution in [3.63, 3.8) is 0 Å². The Morgan fingerprint density at radius 1 is 0.741 bits per heavy atom. The van der Waals surface area contributed by atoms with Crippen molar-refractivity contribution in [2.24, 2.45) is 0 Å². The van der Waals surface area contributed by atoms with Gasteiger partial charge in [-0.2, -0.15) is 0 Å². The molecule has 0 aliphatic carbocycles. The summed E-state index contributed by atoms with van der Waals surface area (Å²) in [6.45, 7) is 0. The van der Waals surface area contributed by atoms with Gasteiger partial charge in [0.2, 0.25) is 0 Å². The van der Waals surface area contributed by atoms with Crippen molar-refractivity contribution in [1.82, 2.24) is 0 Å². The van der Waals surface area contributed by atoms with Gasteiger partial charge in [0.1, 0.15) is 0 Å². The van der Waals surface area contributed by atoms with Crippen LogP contribution in [0.25, 0.3) is 0 Å². The van der Waals surface area contributed by atoms with Crippen LogP contribution < -0.4 is 0 Å². The second kappa shape index (κ2) is 8.01. The van der Waals surface area contributed by atoms with Gasteiger partial charge in [-0.3, -0.25) is 0 Å². The van der Waals surface area contributed by atoms with E-state index in [1.54, 1.807) is 0 Å². The number of aliphatic hydroxyl groups excluding tert-OH is 1. The first-order valence-electron chi connectivity index (χ1n) is 10.0. The molecule has 1 fully saturated rings. The van der Waals surface area contributed by atoms with Crippen LogP contribution in [-0.4, -0.2) is 18.8 Å². The Morgan fingerprint density at radius 3 is 1.59 bits per heavy atom. The summed E-state index contributed by atoms with van der Waals surface area (Å²) < 4.78 is 0. The first-order valence-corrected chi connectivity index (χ1v) is 12.9. The molecule has 0 radical (unpaired) electrons. The van der Waals surface area contributed by atoms with Crippen molar-refractivity contribution in [3.8, 4) is 0 Å². The molecular formula is C24H28BOP. The number of benzene rings is 3. The first kappa shape index (κ1) is 18.5. The molecule has 138 valence electrons. The molecule has 0 amide bonds. The zero-order chi connectivity index (χ0) is 18.7. The van der Waals surface area contributed by atoms with Gasteiger partial charge >= 0.3 is 164 Å². The Hall–Kier alpha value is -1.89. The Bertz CT molecular complexity index is 806. The number of rotatable bonds is 5. The molecule has 4 rings (SSSR count). The van der Waals surface area contributed by atoms with Gasteiger partial charge < -0.3 is 0 Å². The molecule has 0 saturated carbocycles. The summed E-state index contributed by atoms with van der Waals surface area (Å²) in [6.07, 6.45) is 3.00. The van der Waals surface area contributed by atoms with Crippen molar-refractivity contribution >= 4 is 14.7 Å². The summed E-state index contributed by atoms with van der Waals surface area (Å²) in [5.41, 5.74) is 5.18. The third-order valence-corrected chi connectivity index (χ3v) is 12.3. The van der Waals surface area contributed by atoms with Crippen molar-refractivity contribution in [2.75, 3.05) is 6.16 Å². The average molecular weight is 374 g/mol. The number of hydrogen-bond acceptors (Lipinski definition) is 1. The van der Waals surface area contributed by atoms with Gasteiger partial charge in [0.05, 0.1) is 0 Å². The molecule has 0 aromatic heterocycles. The molecular weight excluding hydrogens is 346 g/mol. The van der Waals surface area contributed by atoms with E-state index in [1.165, 1.54) is 24.0 Å². The maximum absolute atomic E-state index is 11.1. The van der Waals surface area contributed by atoms with Crippen LogP contribution >= 0.6 is 7.14 Å². The summed E-state index contributed by atoms with van der Waals surface area (Å²) >= 11 is 0. The van der Waals surface area contributed by atoms with Gasteiger partial charge in [-0.25, -0.2) is 0 Å². The van der Waals surface area contributed by atoms with Crippen LogP contribution in [0.15, 0.2) is 91.0 Å². The molecule has 3 aromatic carbocycles. The van der Waals surface area contributed by atoms with Crippen LogP contribution in [0.1, 0.15) is 47.0 Å². The van der Waals surface area contributed by atoms with Crippen molar-refractivity contribution in [1.29, 1.82) is 0 Å². The fraction of sp³-hybridized carbons (Fsp3) is 0.250. The molecule has 0 spiro atoms. The number of hydrogen-bond donors (Lipinski definition) is 1. The standard InChI is InChI=1S/C24H28BOP/c25-27(18-22(26)19-10-4-1-5-11-19)23(20-12-6-2-7-13-20)16-17-24(27)21-14-8-3-9-15-21/h1-15,22-24,26-27H,16-18,25H2/t22-,23+,24+/m0/s1. The summed E-state index contributed by atoms with van der Waals surface area (Å²) in [5, 5.41) is 11.1. The van der Waals surface area contributed by atoms with Crippen LogP contribution in [0.3, 0.4) is 0 Å². The third-order valence-electron chi connectivity index (χ3n) is 6.56. The van der Waals surface area contributed by atoms with Gasteiger partial charge in [0.15, 0.2) is 0 Å². The Morgan fingerprint density at radius 2 is 1.15 bits per heavy atom. The molecule has 0 unspecified atom stereocenters. The van der Waals surface area contributed by atoms with E-state index in [-0.39, 0.29) is 6.10 Å². The molecule has 1 N–H and O–H groups in total. The predicted octanol–water partition coefficient (Wildman–Crippen LogP) is 5.29. The Kier molecular flexibility index (Phi) is 5.48. The molecule has 3 aromatic rings. The van der Waals surface area contributed by atoms with Gasteiger partial charge in [-0.05, 0) is 0 Å². The second-order valence-electron chi connectivity index (χ2n) is 8.14. The maximum atomic E-state index is 11.1. The van der Waals surface area contributed by atoms with Crippen LogP contribution in [0.5, 0.6) is 0 Å². The van der Waals surface area contributed by atoms with Gasteiger partial charge in [0, 0.05) is 0 Å². The zero-order valence-electron chi connectivity index (χ0n) is 16.0. The van der Waals surface area contributed by atoms with Gasteiger partial charge in [0.25, 0.3) is 0 Å². The number of aliphatic hydroxyl groups is 1. The monoisotopic (exact) mass is 374 g/mol. The summed E-state index contributed by atoms with van der Waals surface area (Å²) in [7, 11) is 0.707. The molecule has 1 heterocycles. The van der Waals surface area contributed by atoms with E-state index >= 15 is 0 Å². The minimum atomic E-state index is -1.82. The Balaban J connectivity index is 1.71. The fourth-order valence-corrected chi connectivity index (χ4v) is 10.9. The zero-order valence-corrected chi connectivity index (χ0v) is 17.0. The van der Waals surface area contributed by atoms with Crippen molar-refractivity contribution in [2.45, 2.75) is 30.3 Å². The van der Waals surface area contributed by atoms with E-state index in [0.29, 0.717) is 11.3 Å². The molecule has 0 bridgehead atoms. The molecule has 3 heteroatoms. The van der Waals surface area contributed by atoms with Crippen LogP contribution in [0.4, 0.5) is 0 Å². The molecule has 1 aliphatic rings. The van der Waals surface area contributed by atoms with Gasteiger partial charge in [-0.15, -0.1) is 0 Å². The second-order valence-corrected chi connectivity index (χ2v) is 13.0. The average Bonchev–Trinajstić information content (AvgIpc) is 3.06. The first-order chi connectivity index (χ1) is 13.2. The van der Waals surface area contributed by atoms with Crippen LogP contribution in [-0.2, 0) is 0 Å². The minimum absolute atomic E-state index is 0.376. The van der Waals surface area contributed by atoms with Crippen LogP contribution in [0, 0.1) is 0 Å². The predicted molar refractivity (Wildman–Crippen MR) is 121 cm³/mol. The van der Waals surface area contributed by atoms with E-state index in [1.807, 2.05) is 18.2 Å². The van der Waals surface area contributed by atoms with E-state index < -0.39 is 7.14 Å². The van der Waals surface area contributed by atoms with E-state index in [0.717, 1.165) is 11.7 Å². The van der Waals surface area contributed by atoms with Crippen molar-refractivity contribution < 1.29 is 5.11 Å². The van der Waals surface area contributed by atoms with Gasteiger partial charge in [-0.1, -0.05) is 0 Å². The van der Waals surface area contributed by atoms with E-state index in [2.05, 4.69) is 80.4 Å². The van der Waals surface area contributed by atoms with E-state index in [4.69, 9.17) is 0 Å². The summed E-state index contributed by atoms with van der Waals surface area (Å²) in [6, 6.07) is 32.2. The van der Waals surface area contributed by atoms with E-state index in [9.17, 15) is 5.11 Å².